The molecule has 0 spiro atoms. The van der Waals surface area contributed by atoms with Crippen molar-refractivity contribution < 1.29 is 17.9 Å². The SMILES string of the molecule is COc1cccc(OC)n1.Nc1ccc(S(N)(=O)=O)cc1. The van der Waals surface area contributed by atoms with Crippen LogP contribution in [0.5, 0.6) is 11.8 Å². The summed E-state index contributed by atoms with van der Waals surface area (Å²) in [6.45, 7) is 0. The Bertz CT molecular complexity index is 653. The largest absolute Gasteiger partial charge is 0.481 e. The Morgan fingerprint density at radius 1 is 0.952 bits per heavy atom. The highest BCUT2D eigenvalue weighted by atomic mass is 32.2. The first-order chi connectivity index (χ1) is 9.86. The lowest BCUT2D eigenvalue weighted by Crippen LogP contribution is -2.11. The second kappa shape index (κ2) is 7.46. The van der Waals surface area contributed by atoms with E-state index in [4.69, 9.17) is 20.3 Å². The predicted octanol–water partition coefficient (Wildman–Crippen LogP) is 1.02. The molecule has 0 amide bonds. The van der Waals surface area contributed by atoms with Crippen molar-refractivity contribution in [3.8, 4) is 11.8 Å². The zero-order valence-corrected chi connectivity index (χ0v) is 12.5. The zero-order chi connectivity index (χ0) is 15.9. The van der Waals surface area contributed by atoms with Gasteiger partial charge in [-0.25, -0.2) is 13.6 Å². The van der Waals surface area contributed by atoms with Gasteiger partial charge in [0.25, 0.3) is 0 Å². The van der Waals surface area contributed by atoms with E-state index in [1.807, 2.05) is 6.07 Å². The fraction of sp³-hybridized carbons (Fsp3) is 0.154. The number of hydrogen-bond acceptors (Lipinski definition) is 6. The van der Waals surface area contributed by atoms with Gasteiger partial charge in [-0.2, -0.15) is 4.98 Å². The fourth-order valence-electron chi connectivity index (χ4n) is 1.28. The highest BCUT2D eigenvalue weighted by Gasteiger charge is 2.05. The van der Waals surface area contributed by atoms with Crippen LogP contribution in [0.25, 0.3) is 0 Å². The Morgan fingerprint density at radius 3 is 1.81 bits per heavy atom. The van der Waals surface area contributed by atoms with Crippen LogP contribution in [0.2, 0.25) is 0 Å². The lowest BCUT2D eigenvalue weighted by molar-refractivity contribution is 0.364. The standard InChI is InChI=1S/C7H9NO2.C6H8N2O2S/c1-9-6-4-3-5-7(8-6)10-2;7-5-1-3-6(4-2-5)11(8,9)10/h3-5H,1-2H3;1-4H,7H2,(H2,8,9,10). The van der Waals surface area contributed by atoms with E-state index in [0.29, 0.717) is 17.4 Å². The lowest BCUT2D eigenvalue weighted by atomic mass is 10.3. The average Bonchev–Trinajstić information content (AvgIpc) is 2.47. The number of nitrogen functional groups attached to an aromatic ring is 1. The monoisotopic (exact) mass is 311 g/mol. The van der Waals surface area contributed by atoms with E-state index >= 15 is 0 Å². The molecule has 0 radical (unpaired) electrons. The van der Waals surface area contributed by atoms with Crippen LogP contribution in [0, 0.1) is 0 Å². The molecule has 0 saturated carbocycles. The summed E-state index contributed by atoms with van der Waals surface area (Å²) in [6, 6.07) is 11.1. The van der Waals surface area contributed by atoms with E-state index in [-0.39, 0.29) is 4.90 Å². The third-order valence-corrected chi connectivity index (χ3v) is 3.25. The summed E-state index contributed by atoms with van der Waals surface area (Å²) in [5.74, 6) is 1.14. The van der Waals surface area contributed by atoms with Crippen LogP contribution in [0.4, 0.5) is 5.69 Å². The fourth-order valence-corrected chi connectivity index (χ4v) is 1.80. The summed E-state index contributed by atoms with van der Waals surface area (Å²) < 4.78 is 31.1. The summed E-state index contributed by atoms with van der Waals surface area (Å²) in [4.78, 5) is 4.04. The molecule has 0 aliphatic heterocycles. The maximum absolute atomic E-state index is 10.7. The van der Waals surface area contributed by atoms with Gasteiger partial charge in [0.1, 0.15) is 0 Å². The third-order valence-electron chi connectivity index (χ3n) is 2.32. The molecule has 0 unspecified atom stereocenters. The molecule has 7 nitrogen and oxygen atoms in total. The third kappa shape index (κ3) is 5.67. The topological polar surface area (TPSA) is 118 Å². The second-order valence-electron chi connectivity index (χ2n) is 3.84. The van der Waals surface area contributed by atoms with Crippen molar-refractivity contribution in [2.24, 2.45) is 5.14 Å². The summed E-state index contributed by atoms with van der Waals surface area (Å²) in [5.41, 5.74) is 5.85. The molecule has 0 fully saturated rings. The summed E-state index contributed by atoms with van der Waals surface area (Å²) in [7, 11) is -0.433. The Balaban J connectivity index is 0.000000211. The number of nitrogens with two attached hydrogens (primary N) is 2. The first-order valence-electron chi connectivity index (χ1n) is 5.80. The van der Waals surface area contributed by atoms with Crippen molar-refractivity contribution in [1.82, 2.24) is 4.98 Å². The van der Waals surface area contributed by atoms with Gasteiger partial charge in [0, 0.05) is 17.8 Å². The number of nitrogens with zero attached hydrogens (tertiary/aromatic N) is 1. The van der Waals surface area contributed by atoms with Gasteiger partial charge in [-0.1, -0.05) is 6.07 Å². The Morgan fingerprint density at radius 2 is 1.43 bits per heavy atom. The molecule has 0 saturated heterocycles. The maximum atomic E-state index is 10.7. The van der Waals surface area contributed by atoms with Gasteiger partial charge >= 0.3 is 0 Å². The van der Waals surface area contributed by atoms with E-state index in [2.05, 4.69) is 4.98 Å². The molecule has 0 atom stereocenters. The van der Waals surface area contributed by atoms with Crippen molar-refractivity contribution >= 4 is 15.7 Å². The predicted molar refractivity (Wildman–Crippen MR) is 79.6 cm³/mol. The molecule has 2 aromatic rings. The molecule has 0 aliphatic carbocycles. The van der Waals surface area contributed by atoms with Gasteiger partial charge in [-0.05, 0) is 24.3 Å². The molecular formula is C13H17N3O4S. The molecule has 1 aromatic heterocycles. The van der Waals surface area contributed by atoms with Crippen LogP contribution in [-0.2, 0) is 10.0 Å². The normalized spacial score (nSPS) is 10.2. The van der Waals surface area contributed by atoms with Crippen LogP contribution < -0.4 is 20.3 Å². The molecule has 114 valence electrons. The number of primary sulfonamides is 1. The first kappa shape index (κ1) is 16.7. The summed E-state index contributed by atoms with van der Waals surface area (Å²) >= 11 is 0. The van der Waals surface area contributed by atoms with Crippen LogP contribution in [0.1, 0.15) is 0 Å². The van der Waals surface area contributed by atoms with Gasteiger partial charge < -0.3 is 15.2 Å². The number of aromatic nitrogens is 1. The minimum atomic E-state index is -3.58. The summed E-state index contributed by atoms with van der Waals surface area (Å²) in [5, 5.41) is 4.84. The number of pyridine rings is 1. The maximum Gasteiger partial charge on any atom is 0.238 e. The Hall–Kier alpha value is -2.32. The van der Waals surface area contributed by atoms with Gasteiger partial charge in [0.05, 0.1) is 19.1 Å². The highest BCUT2D eigenvalue weighted by molar-refractivity contribution is 7.89. The quantitative estimate of drug-likeness (QED) is 0.817. The van der Waals surface area contributed by atoms with E-state index in [1.54, 1.807) is 26.4 Å². The van der Waals surface area contributed by atoms with Crippen molar-refractivity contribution in [1.29, 1.82) is 0 Å². The van der Waals surface area contributed by atoms with Crippen LogP contribution in [0.15, 0.2) is 47.4 Å². The van der Waals surface area contributed by atoms with Crippen molar-refractivity contribution in [3.63, 3.8) is 0 Å². The number of hydrogen-bond donors (Lipinski definition) is 2. The first-order valence-corrected chi connectivity index (χ1v) is 7.35. The Labute approximate surface area is 123 Å². The van der Waals surface area contributed by atoms with Gasteiger partial charge in [0.2, 0.25) is 21.8 Å². The molecule has 21 heavy (non-hydrogen) atoms. The lowest BCUT2D eigenvalue weighted by Gasteiger charge is -1.99. The van der Waals surface area contributed by atoms with Crippen molar-refractivity contribution in [2.45, 2.75) is 4.90 Å². The highest BCUT2D eigenvalue weighted by Crippen LogP contribution is 2.11. The minimum absolute atomic E-state index is 0.0756. The van der Waals surface area contributed by atoms with E-state index < -0.39 is 10.0 Å². The van der Waals surface area contributed by atoms with E-state index in [9.17, 15) is 8.42 Å². The molecule has 1 heterocycles. The van der Waals surface area contributed by atoms with Crippen molar-refractivity contribution in [3.05, 3.63) is 42.5 Å². The molecule has 0 aliphatic rings. The van der Waals surface area contributed by atoms with Gasteiger partial charge in [0.15, 0.2) is 0 Å². The number of ether oxygens (including phenoxy) is 2. The van der Waals surface area contributed by atoms with Crippen molar-refractivity contribution in [2.75, 3.05) is 20.0 Å². The summed E-state index contributed by atoms with van der Waals surface area (Å²) in [6.07, 6.45) is 0. The van der Waals surface area contributed by atoms with Crippen LogP contribution in [-0.4, -0.2) is 27.6 Å². The second-order valence-corrected chi connectivity index (χ2v) is 5.40. The smallest absolute Gasteiger partial charge is 0.238 e. The molecule has 8 heteroatoms. The minimum Gasteiger partial charge on any atom is -0.481 e. The zero-order valence-electron chi connectivity index (χ0n) is 11.7. The number of anilines is 1. The number of rotatable bonds is 3. The van der Waals surface area contributed by atoms with Gasteiger partial charge in [-0.3, -0.25) is 0 Å². The van der Waals surface area contributed by atoms with E-state index in [1.165, 1.54) is 24.3 Å². The van der Waals surface area contributed by atoms with E-state index in [0.717, 1.165) is 0 Å². The average molecular weight is 311 g/mol. The number of sulfonamides is 1. The number of benzene rings is 1. The van der Waals surface area contributed by atoms with Gasteiger partial charge in [-0.15, -0.1) is 0 Å². The van der Waals surface area contributed by atoms with Crippen LogP contribution in [0.3, 0.4) is 0 Å². The molecular weight excluding hydrogens is 294 g/mol. The Kier molecular flexibility index (Phi) is 5.94. The van der Waals surface area contributed by atoms with Crippen LogP contribution >= 0.6 is 0 Å². The molecule has 1 aromatic carbocycles. The molecule has 2 rings (SSSR count). The molecule has 4 N–H and O–H groups in total. The molecule has 0 bridgehead atoms. The number of methoxy groups -OCH3 is 2.